The maximum atomic E-state index is 4.48. The molecule has 1 aliphatic carbocycles. The highest BCUT2D eigenvalue weighted by molar-refractivity contribution is 5.81. The third-order valence-electron chi connectivity index (χ3n) is 4.08. The molecule has 0 atom stereocenters. The summed E-state index contributed by atoms with van der Waals surface area (Å²) < 4.78 is 0. The number of fused-ring (bicyclic) bond motifs is 1. The van der Waals surface area contributed by atoms with E-state index in [2.05, 4.69) is 48.4 Å². The van der Waals surface area contributed by atoms with Crippen molar-refractivity contribution in [2.45, 2.75) is 32.7 Å². The van der Waals surface area contributed by atoms with E-state index in [0.29, 0.717) is 6.04 Å². The third-order valence-corrected chi connectivity index (χ3v) is 4.08. The Bertz CT molecular complexity index is 542. The SMILES string of the molecule is CC(C)C1CC(Nc2cnc3ccccc3c2)C1. The molecule has 1 N–H and O–H groups in total. The highest BCUT2D eigenvalue weighted by Gasteiger charge is 2.30. The molecule has 3 rings (SSSR count). The molecule has 2 heteroatoms. The Hall–Kier alpha value is -1.57. The van der Waals surface area contributed by atoms with Crippen LogP contribution in [0.2, 0.25) is 0 Å². The van der Waals surface area contributed by atoms with Crippen LogP contribution in [0, 0.1) is 11.8 Å². The molecule has 1 heterocycles. The van der Waals surface area contributed by atoms with Gasteiger partial charge in [0.05, 0.1) is 17.4 Å². The van der Waals surface area contributed by atoms with Crippen LogP contribution in [0.3, 0.4) is 0 Å². The Balaban J connectivity index is 1.69. The van der Waals surface area contributed by atoms with Crippen molar-refractivity contribution in [3.8, 4) is 0 Å². The Labute approximate surface area is 108 Å². The second-order valence-electron chi connectivity index (χ2n) is 5.73. The molecule has 2 aromatic rings. The number of aromatic nitrogens is 1. The maximum Gasteiger partial charge on any atom is 0.0703 e. The first-order chi connectivity index (χ1) is 8.72. The lowest BCUT2D eigenvalue weighted by Crippen LogP contribution is -2.37. The molecule has 18 heavy (non-hydrogen) atoms. The van der Waals surface area contributed by atoms with Crippen molar-refractivity contribution >= 4 is 16.6 Å². The second-order valence-corrected chi connectivity index (χ2v) is 5.73. The van der Waals surface area contributed by atoms with E-state index in [4.69, 9.17) is 0 Å². The quantitative estimate of drug-likeness (QED) is 0.874. The van der Waals surface area contributed by atoms with Crippen LogP contribution in [-0.2, 0) is 0 Å². The summed E-state index contributed by atoms with van der Waals surface area (Å²) in [7, 11) is 0. The Morgan fingerprint density at radius 1 is 1.22 bits per heavy atom. The summed E-state index contributed by atoms with van der Waals surface area (Å²) in [6.45, 7) is 4.64. The van der Waals surface area contributed by atoms with E-state index >= 15 is 0 Å². The van der Waals surface area contributed by atoms with Gasteiger partial charge in [0.2, 0.25) is 0 Å². The van der Waals surface area contributed by atoms with Crippen molar-refractivity contribution in [1.82, 2.24) is 4.98 Å². The largest absolute Gasteiger partial charge is 0.381 e. The molecule has 0 aliphatic heterocycles. The van der Waals surface area contributed by atoms with Crippen LogP contribution in [-0.4, -0.2) is 11.0 Å². The van der Waals surface area contributed by atoms with E-state index in [1.54, 1.807) is 0 Å². The fraction of sp³-hybridized carbons (Fsp3) is 0.438. The maximum absolute atomic E-state index is 4.48. The molecule has 1 saturated carbocycles. The topological polar surface area (TPSA) is 24.9 Å². The Kier molecular flexibility index (Phi) is 2.94. The Morgan fingerprint density at radius 2 is 2.00 bits per heavy atom. The summed E-state index contributed by atoms with van der Waals surface area (Å²) in [5, 5.41) is 4.80. The number of para-hydroxylation sites is 1. The number of benzene rings is 1. The summed E-state index contributed by atoms with van der Waals surface area (Å²) in [5.74, 6) is 1.72. The summed E-state index contributed by atoms with van der Waals surface area (Å²) >= 11 is 0. The van der Waals surface area contributed by atoms with Crippen molar-refractivity contribution in [1.29, 1.82) is 0 Å². The number of nitrogens with zero attached hydrogens (tertiary/aromatic N) is 1. The van der Waals surface area contributed by atoms with Gasteiger partial charge in [0, 0.05) is 11.4 Å². The standard InChI is InChI=1S/C16H20N2/c1-11(2)13-8-14(9-13)18-15-7-12-5-3-4-6-16(12)17-10-15/h3-7,10-11,13-14,18H,8-9H2,1-2H3. The molecule has 1 aromatic carbocycles. The van der Waals surface area contributed by atoms with Crippen molar-refractivity contribution in [3.05, 3.63) is 36.5 Å². The van der Waals surface area contributed by atoms with Gasteiger partial charge >= 0.3 is 0 Å². The molecule has 1 aliphatic rings. The van der Waals surface area contributed by atoms with E-state index in [1.165, 1.54) is 18.2 Å². The molecule has 0 amide bonds. The number of hydrogen-bond acceptors (Lipinski definition) is 2. The first-order valence-corrected chi connectivity index (χ1v) is 6.83. The molecule has 0 bridgehead atoms. The third kappa shape index (κ3) is 2.20. The second kappa shape index (κ2) is 4.60. The monoisotopic (exact) mass is 240 g/mol. The molecule has 94 valence electrons. The van der Waals surface area contributed by atoms with E-state index in [9.17, 15) is 0 Å². The summed E-state index contributed by atoms with van der Waals surface area (Å²) in [6, 6.07) is 11.1. The normalized spacial score (nSPS) is 23.1. The molecule has 0 saturated heterocycles. The van der Waals surface area contributed by atoms with Gasteiger partial charge in [0.25, 0.3) is 0 Å². The zero-order valence-electron chi connectivity index (χ0n) is 11.1. The van der Waals surface area contributed by atoms with Gasteiger partial charge in [0.15, 0.2) is 0 Å². The minimum Gasteiger partial charge on any atom is -0.381 e. The molecule has 0 radical (unpaired) electrons. The van der Waals surface area contributed by atoms with Crippen LogP contribution in [0.1, 0.15) is 26.7 Å². The van der Waals surface area contributed by atoms with Gasteiger partial charge in [-0.1, -0.05) is 32.0 Å². The zero-order valence-corrected chi connectivity index (χ0v) is 11.1. The van der Waals surface area contributed by atoms with Gasteiger partial charge in [-0.3, -0.25) is 4.98 Å². The molecule has 1 aromatic heterocycles. The fourth-order valence-corrected chi connectivity index (χ4v) is 2.71. The van der Waals surface area contributed by atoms with Gasteiger partial charge in [0.1, 0.15) is 0 Å². The predicted molar refractivity (Wildman–Crippen MR) is 76.7 cm³/mol. The molecular weight excluding hydrogens is 220 g/mol. The number of pyridine rings is 1. The van der Waals surface area contributed by atoms with Gasteiger partial charge < -0.3 is 5.32 Å². The van der Waals surface area contributed by atoms with Gasteiger partial charge in [-0.15, -0.1) is 0 Å². The highest BCUT2D eigenvalue weighted by atomic mass is 14.9. The molecule has 0 spiro atoms. The van der Waals surface area contributed by atoms with E-state index in [1.807, 2.05) is 12.3 Å². The highest BCUT2D eigenvalue weighted by Crippen LogP contribution is 2.35. The van der Waals surface area contributed by atoms with Crippen LogP contribution in [0.25, 0.3) is 10.9 Å². The number of anilines is 1. The van der Waals surface area contributed by atoms with Crippen LogP contribution in [0.4, 0.5) is 5.69 Å². The summed E-state index contributed by atoms with van der Waals surface area (Å²) in [6.07, 6.45) is 4.54. The van der Waals surface area contributed by atoms with Crippen molar-refractivity contribution in [2.24, 2.45) is 11.8 Å². The van der Waals surface area contributed by atoms with Crippen LogP contribution in [0.5, 0.6) is 0 Å². The minimum absolute atomic E-state index is 0.639. The smallest absolute Gasteiger partial charge is 0.0703 e. The number of rotatable bonds is 3. The molecule has 2 nitrogen and oxygen atoms in total. The van der Waals surface area contributed by atoms with E-state index in [0.717, 1.165) is 23.0 Å². The zero-order chi connectivity index (χ0) is 12.5. The van der Waals surface area contributed by atoms with E-state index in [-0.39, 0.29) is 0 Å². The number of nitrogens with one attached hydrogen (secondary N) is 1. The first kappa shape index (κ1) is 11.5. The fourth-order valence-electron chi connectivity index (χ4n) is 2.71. The number of hydrogen-bond donors (Lipinski definition) is 1. The molecule has 0 unspecified atom stereocenters. The lowest BCUT2D eigenvalue weighted by Gasteiger charge is -2.39. The average molecular weight is 240 g/mol. The predicted octanol–water partition coefficient (Wildman–Crippen LogP) is 4.08. The van der Waals surface area contributed by atoms with Gasteiger partial charge in [-0.25, -0.2) is 0 Å². The first-order valence-electron chi connectivity index (χ1n) is 6.83. The van der Waals surface area contributed by atoms with Crippen molar-refractivity contribution in [2.75, 3.05) is 5.32 Å². The lowest BCUT2D eigenvalue weighted by molar-refractivity contribution is 0.212. The van der Waals surface area contributed by atoms with Gasteiger partial charge in [-0.05, 0) is 36.8 Å². The van der Waals surface area contributed by atoms with Crippen molar-refractivity contribution in [3.63, 3.8) is 0 Å². The Morgan fingerprint density at radius 3 is 2.78 bits per heavy atom. The minimum atomic E-state index is 0.639. The van der Waals surface area contributed by atoms with Crippen LogP contribution < -0.4 is 5.32 Å². The lowest BCUT2D eigenvalue weighted by atomic mass is 9.73. The molecular formula is C16H20N2. The van der Waals surface area contributed by atoms with Crippen LogP contribution in [0.15, 0.2) is 36.5 Å². The summed E-state index contributed by atoms with van der Waals surface area (Å²) in [4.78, 5) is 4.48. The van der Waals surface area contributed by atoms with Gasteiger partial charge in [-0.2, -0.15) is 0 Å². The van der Waals surface area contributed by atoms with Crippen LogP contribution >= 0.6 is 0 Å². The van der Waals surface area contributed by atoms with Crippen molar-refractivity contribution < 1.29 is 0 Å². The van der Waals surface area contributed by atoms with E-state index < -0.39 is 0 Å². The molecule has 1 fully saturated rings. The average Bonchev–Trinajstić information content (AvgIpc) is 2.32. The summed E-state index contributed by atoms with van der Waals surface area (Å²) in [5.41, 5.74) is 2.22.